The topological polar surface area (TPSA) is 127 Å². The maximum absolute atomic E-state index is 11.5. The number of carbonyl (C=O) groups excluding carboxylic acids is 1. The number of primary sulfonamides is 1. The van der Waals surface area contributed by atoms with Crippen LogP contribution in [0.4, 0.5) is 10.5 Å². The Kier molecular flexibility index (Phi) is 5.28. The van der Waals surface area contributed by atoms with Crippen molar-refractivity contribution < 1.29 is 13.2 Å². The molecular weight excluding hydrogens is 268 g/mol. The van der Waals surface area contributed by atoms with Gasteiger partial charge in [-0.3, -0.25) is 0 Å². The van der Waals surface area contributed by atoms with Gasteiger partial charge < -0.3 is 16.4 Å². The number of hydrogen-bond acceptors (Lipinski definition) is 4. The van der Waals surface area contributed by atoms with Gasteiger partial charge in [-0.15, -0.1) is 0 Å². The first-order valence-electron chi connectivity index (χ1n) is 5.69. The molecule has 0 spiro atoms. The normalized spacial score (nSPS) is 12.8. The minimum atomic E-state index is -3.57. The highest BCUT2D eigenvalue weighted by Crippen LogP contribution is 2.15. The summed E-state index contributed by atoms with van der Waals surface area (Å²) in [4.78, 5) is 11.5. The van der Waals surface area contributed by atoms with E-state index < -0.39 is 16.1 Å². The SMILES string of the molecule is CC(N)c1cccc(NC(=O)NCCS(N)(=O)=O)c1. The molecule has 1 atom stereocenters. The number of nitrogens with one attached hydrogen (secondary N) is 2. The van der Waals surface area contributed by atoms with Gasteiger partial charge in [-0.25, -0.2) is 18.4 Å². The molecule has 2 amide bonds. The third-order valence-electron chi connectivity index (χ3n) is 2.34. The molecule has 0 bridgehead atoms. The Morgan fingerprint density at radius 3 is 2.68 bits per heavy atom. The first kappa shape index (κ1) is 15.4. The van der Waals surface area contributed by atoms with Crippen molar-refractivity contribution in [1.29, 1.82) is 0 Å². The lowest BCUT2D eigenvalue weighted by Crippen LogP contribution is -2.34. The molecule has 1 unspecified atom stereocenters. The van der Waals surface area contributed by atoms with Gasteiger partial charge in [0.1, 0.15) is 0 Å². The summed E-state index contributed by atoms with van der Waals surface area (Å²) in [6.45, 7) is 1.79. The second-order valence-electron chi connectivity index (χ2n) is 4.16. The summed E-state index contributed by atoms with van der Waals surface area (Å²) in [6.07, 6.45) is 0. The van der Waals surface area contributed by atoms with Crippen LogP contribution in [0.5, 0.6) is 0 Å². The minimum Gasteiger partial charge on any atom is -0.337 e. The van der Waals surface area contributed by atoms with Gasteiger partial charge in [0.25, 0.3) is 0 Å². The Morgan fingerprint density at radius 1 is 1.42 bits per heavy atom. The number of rotatable bonds is 5. The quantitative estimate of drug-likeness (QED) is 0.612. The van der Waals surface area contributed by atoms with Crippen LogP contribution in [0, 0.1) is 0 Å². The maximum atomic E-state index is 11.5. The second kappa shape index (κ2) is 6.50. The highest BCUT2D eigenvalue weighted by molar-refractivity contribution is 7.89. The van der Waals surface area contributed by atoms with E-state index in [0.29, 0.717) is 5.69 Å². The molecule has 0 heterocycles. The molecule has 0 radical (unpaired) electrons. The van der Waals surface area contributed by atoms with Crippen molar-refractivity contribution >= 4 is 21.7 Å². The fourth-order valence-corrected chi connectivity index (χ4v) is 1.77. The van der Waals surface area contributed by atoms with Gasteiger partial charge >= 0.3 is 6.03 Å². The summed E-state index contributed by atoms with van der Waals surface area (Å²) in [5.74, 6) is -0.305. The zero-order chi connectivity index (χ0) is 14.5. The van der Waals surface area contributed by atoms with E-state index in [1.165, 1.54) is 0 Å². The Morgan fingerprint density at radius 2 is 2.11 bits per heavy atom. The van der Waals surface area contributed by atoms with Crippen LogP contribution in [-0.4, -0.2) is 26.7 Å². The number of amides is 2. The molecule has 8 heteroatoms. The Balaban J connectivity index is 2.50. The summed E-state index contributed by atoms with van der Waals surface area (Å²) in [5, 5.41) is 9.79. The van der Waals surface area contributed by atoms with Gasteiger partial charge in [-0.1, -0.05) is 12.1 Å². The molecule has 0 saturated carbocycles. The Labute approximate surface area is 112 Å². The van der Waals surface area contributed by atoms with Crippen LogP contribution in [-0.2, 0) is 10.0 Å². The first-order valence-corrected chi connectivity index (χ1v) is 7.40. The summed E-state index contributed by atoms with van der Waals surface area (Å²) in [7, 11) is -3.57. The molecule has 7 nitrogen and oxygen atoms in total. The molecule has 1 aromatic rings. The Hall–Kier alpha value is -1.64. The van der Waals surface area contributed by atoms with Gasteiger partial charge in [0, 0.05) is 18.3 Å². The lowest BCUT2D eigenvalue weighted by atomic mass is 10.1. The van der Waals surface area contributed by atoms with E-state index in [9.17, 15) is 13.2 Å². The predicted octanol–water partition coefficient (Wildman–Crippen LogP) is 0.116. The van der Waals surface area contributed by atoms with Crippen molar-refractivity contribution in [1.82, 2.24) is 5.32 Å². The fraction of sp³-hybridized carbons (Fsp3) is 0.364. The van der Waals surface area contributed by atoms with Crippen LogP contribution in [0.3, 0.4) is 0 Å². The second-order valence-corrected chi connectivity index (χ2v) is 5.90. The highest BCUT2D eigenvalue weighted by Gasteiger charge is 2.06. The van der Waals surface area contributed by atoms with Gasteiger partial charge in [-0.2, -0.15) is 0 Å². The standard InChI is InChI=1S/C11H18N4O3S/c1-8(12)9-3-2-4-10(7-9)15-11(16)14-5-6-19(13,17)18/h2-4,7-8H,5-6,12H2,1H3,(H2,13,17,18)(H2,14,15,16). The van der Waals surface area contributed by atoms with Crippen molar-refractivity contribution in [3.63, 3.8) is 0 Å². The lowest BCUT2D eigenvalue weighted by molar-refractivity contribution is 0.252. The van der Waals surface area contributed by atoms with E-state index in [0.717, 1.165) is 5.56 Å². The van der Waals surface area contributed by atoms with Crippen LogP contribution in [0.15, 0.2) is 24.3 Å². The predicted molar refractivity (Wildman–Crippen MR) is 74.0 cm³/mol. The fourth-order valence-electron chi connectivity index (χ4n) is 1.38. The molecule has 19 heavy (non-hydrogen) atoms. The van der Waals surface area contributed by atoms with Crippen molar-refractivity contribution in [3.8, 4) is 0 Å². The molecule has 1 rings (SSSR count). The van der Waals surface area contributed by atoms with E-state index in [2.05, 4.69) is 10.6 Å². The molecule has 0 aliphatic heterocycles. The average molecular weight is 286 g/mol. The zero-order valence-corrected chi connectivity index (χ0v) is 11.4. The zero-order valence-electron chi connectivity index (χ0n) is 10.6. The van der Waals surface area contributed by atoms with Crippen molar-refractivity contribution in [2.24, 2.45) is 10.9 Å². The van der Waals surface area contributed by atoms with Gasteiger partial charge in [0.2, 0.25) is 10.0 Å². The molecule has 1 aromatic carbocycles. The third kappa shape index (κ3) is 6.18. The largest absolute Gasteiger partial charge is 0.337 e. The Bertz CT molecular complexity index is 543. The number of sulfonamides is 1. The van der Waals surface area contributed by atoms with Crippen LogP contribution >= 0.6 is 0 Å². The van der Waals surface area contributed by atoms with Crippen LogP contribution < -0.4 is 21.5 Å². The molecule has 0 saturated heterocycles. The van der Waals surface area contributed by atoms with E-state index in [1.807, 2.05) is 13.0 Å². The van der Waals surface area contributed by atoms with E-state index in [1.54, 1.807) is 18.2 Å². The number of nitrogens with two attached hydrogens (primary N) is 2. The monoisotopic (exact) mass is 286 g/mol. The first-order chi connectivity index (χ1) is 8.78. The summed E-state index contributed by atoms with van der Waals surface area (Å²) < 4.78 is 21.4. The summed E-state index contributed by atoms with van der Waals surface area (Å²) in [5.41, 5.74) is 7.21. The number of carbonyl (C=O) groups is 1. The third-order valence-corrected chi connectivity index (χ3v) is 3.12. The minimum absolute atomic E-state index is 0.0440. The number of anilines is 1. The van der Waals surface area contributed by atoms with Crippen molar-refractivity contribution in [2.75, 3.05) is 17.6 Å². The van der Waals surface area contributed by atoms with E-state index in [-0.39, 0.29) is 18.3 Å². The smallest absolute Gasteiger partial charge is 0.319 e. The number of urea groups is 1. The summed E-state index contributed by atoms with van der Waals surface area (Å²) in [6, 6.07) is 6.47. The summed E-state index contributed by atoms with van der Waals surface area (Å²) >= 11 is 0. The molecule has 106 valence electrons. The van der Waals surface area contributed by atoms with Crippen LogP contribution in [0.2, 0.25) is 0 Å². The number of hydrogen-bond donors (Lipinski definition) is 4. The molecular formula is C11H18N4O3S. The molecule has 0 aliphatic carbocycles. The average Bonchev–Trinajstić information content (AvgIpc) is 2.27. The molecule has 6 N–H and O–H groups in total. The maximum Gasteiger partial charge on any atom is 0.319 e. The molecule has 0 fully saturated rings. The lowest BCUT2D eigenvalue weighted by Gasteiger charge is -2.10. The van der Waals surface area contributed by atoms with Crippen LogP contribution in [0.1, 0.15) is 18.5 Å². The van der Waals surface area contributed by atoms with Gasteiger partial charge in [0.05, 0.1) is 5.75 Å². The van der Waals surface area contributed by atoms with Crippen LogP contribution in [0.25, 0.3) is 0 Å². The van der Waals surface area contributed by atoms with Crippen molar-refractivity contribution in [3.05, 3.63) is 29.8 Å². The van der Waals surface area contributed by atoms with Gasteiger partial charge in [0.15, 0.2) is 0 Å². The molecule has 0 aliphatic rings. The van der Waals surface area contributed by atoms with E-state index in [4.69, 9.17) is 10.9 Å². The van der Waals surface area contributed by atoms with E-state index >= 15 is 0 Å². The highest BCUT2D eigenvalue weighted by atomic mass is 32.2. The molecule has 0 aromatic heterocycles. The number of benzene rings is 1. The van der Waals surface area contributed by atoms with Gasteiger partial charge in [-0.05, 0) is 24.6 Å². The van der Waals surface area contributed by atoms with Crippen molar-refractivity contribution in [2.45, 2.75) is 13.0 Å².